The van der Waals surface area contributed by atoms with E-state index in [1.165, 1.54) is 20.8 Å². The van der Waals surface area contributed by atoms with Gasteiger partial charge in [-0.25, -0.2) is 28.0 Å². The van der Waals surface area contributed by atoms with E-state index in [4.69, 9.17) is 18.2 Å². The molecule has 0 bridgehead atoms. The van der Waals surface area contributed by atoms with Crippen LogP contribution in [0.4, 0.5) is 4.39 Å². The summed E-state index contributed by atoms with van der Waals surface area (Å²) in [4.78, 5) is 32.6. The van der Waals surface area contributed by atoms with Crippen LogP contribution in [0, 0.1) is 29.6 Å². The molecule has 23 heteroatoms. The molecule has 0 saturated heterocycles. The average Bonchev–Trinajstić information content (AvgIpc) is 2.97. The summed E-state index contributed by atoms with van der Waals surface area (Å²) in [6, 6.07) is 0. The number of nitrogens with zero attached hydrogens (tertiary/aromatic N) is 3. The SMILES string of the molecule is BrBr.C/C=C\C[C@H](C)CS(N)(=O)=NC(C)=O.CC#CC[C@H](C)CS(N)(=O)=NC(C)=O.CC(=O)N=S(N)(=O)C[C@@H](C)CC(Br)C(C)Br.CC(C)(C)[O-].S.[2H]CC.[2H]CF.[K+]. The molecule has 0 spiro atoms. The standard InChI is InChI=1S/C9H18Br2N2O2S.C9H18N2O2S.C9H16N2O2S.C4H9O.C2H6.CH3F.Br2.K.H2S/c1-6(4-9(11)7(2)10)5-16(12,15)13-8(3)14;2*1-4-5-6-8(2)7-14(10,13)11-9(3)12;1-4(2,3)5;3*1-2;;/h6-7,9H,4-5H2,1-3H3,(H2,12,13,14,15);4-5,8H,6-7H2,1-3H3,(H2,10,11,12,13);8H,6-7H2,1-3H3,(H2,10,11,12,13);1-3H3;1-2H3;1H3;;;1H2/q;;;-1;;;;+1;/b;5-4-;;;;;;;/t6-,7?,9?,16?;2*8-,14?;;;;;;/m000....../s1/i;;;;2*1D;;;. The minimum atomic E-state index is -2.86. The van der Waals surface area contributed by atoms with Crippen LogP contribution in [-0.2, 0) is 44.1 Å². The Hall–Kier alpha value is 1.84. The van der Waals surface area contributed by atoms with E-state index < -0.39 is 60.2 Å². The first-order chi connectivity index (χ1) is 25.7. The first-order valence-corrected chi connectivity index (χ1v) is 27.4. The molecule has 0 radical (unpaired) electrons. The molecule has 0 fully saturated rings. The zero-order chi connectivity index (χ0) is 47.2. The first-order valence-electron chi connectivity index (χ1n) is 18.0. The Morgan fingerprint density at radius 3 is 1.37 bits per heavy atom. The summed E-state index contributed by atoms with van der Waals surface area (Å²) in [6.45, 7) is 22.4. The minimum Gasteiger partial charge on any atom is -0.850 e. The van der Waals surface area contributed by atoms with E-state index in [2.05, 4.69) is 85.0 Å². The number of nitrogens with two attached hydrogens (primary N) is 3. The van der Waals surface area contributed by atoms with Gasteiger partial charge < -0.3 is 5.11 Å². The summed E-state index contributed by atoms with van der Waals surface area (Å²) in [7, 11) is -9.53. The molecular weight excluding hydrogens is 1110 g/mol. The normalized spacial score (nSPS) is 15.9. The first kappa shape index (κ1) is 73.2. The molecule has 0 heterocycles. The van der Waals surface area contributed by atoms with E-state index in [1.54, 1.807) is 34.6 Å². The predicted octanol–water partition coefficient (Wildman–Crippen LogP) is 5.41. The molecule has 0 aliphatic rings. The Kier molecular flexibility index (Phi) is 60.8. The molecule has 57 heavy (non-hydrogen) atoms. The van der Waals surface area contributed by atoms with Gasteiger partial charge >= 0.3 is 51.4 Å². The van der Waals surface area contributed by atoms with Crippen LogP contribution in [0.15, 0.2) is 25.2 Å². The average molecular weight is 1180 g/mol. The van der Waals surface area contributed by atoms with Crippen molar-refractivity contribution in [3.63, 3.8) is 0 Å². The van der Waals surface area contributed by atoms with E-state index in [9.17, 15) is 36.5 Å². The number of alkyl halides is 3. The van der Waals surface area contributed by atoms with Crippen molar-refractivity contribution in [3.8, 4) is 11.8 Å². The third kappa shape index (κ3) is 78.8. The van der Waals surface area contributed by atoms with Crippen molar-refractivity contribution in [2.45, 2.75) is 131 Å². The van der Waals surface area contributed by atoms with Crippen molar-refractivity contribution in [2.24, 2.45) is 46.3 Å². The van der Waals surface area contributed by atoms with Gasteiger partial charge in [-0.05, 0) is 44.4 Å². The number of halogens is 5. The van der Waals surface area contributed by atoms with E-state index in [0.717, 1.165) is 12.8 Å². The zero-order valence-corrected chi connectivity index (χ0v) is 49.2. The Morgan fingerprint density at radius 2 is 1.12 bits per heavy atom. The Labute approximate surface area is 432 Å². The summed E-state index contributed by atoms with van der Waals surface area (Å²) >= 11 is 12.5. The fourth-order valence-corrected chi connectivity index (χ4v) is 8.62. The number of rotatable bonds is 12. The van der Waals surface area contributed by atoms with Gasteiger partial charge in [0, 0.05) is 83.7 Å². The van der Waals surface area contributed by atoms with Crippen LogP contribution in [0.2, 0.25) is 0 Å². The van der Waals surface area contributed by atoms with Crippen molar-refractivity contribution in [2.75, 3.05) is 24.4 Å². The molecule has 0 saturated carbocycles. The van der Waals surface area contributed by atoms with Gasteiger partial charge in [-0.1, -0.05) is 106 Å². The zero-order valence-electron chi connectivity index (χ0n) is 38.2. The number of carbonyl (C=O) groups is 3. The number of amides is 3. The number of carbonyl (C=O) groups excluding carboxylic acids is 3. The molecule has 6 N–H and O–H groups in total. The second-order valence-corrected chi connectivity index (χ2v) is 21.0. The van der Waals surface area contributed by atoms with Crippen molar-refractivity contribution in [1.29, 1.82) is 0 Å². The molecular formula is C34H72Br4FKN6O7S4. The summed E-state index contributed by atoms with van der Waals surface area (Å²) in [5.74, 6) is 5.27. The van der Waals surface area contributed by atoms with Crippen LogP contribution >= 0.6 is 73.6 Å². The molecule has 0 aliphatic heterocycles. The molecule has 13 nitrogen and oxygen atoms in total. The summed E-state index contributed by atoms with van der Waals surface area (Å²) in [5.41, 5.74) is -0.750. The number of hydrogen-bond acceptors (Lipinski definition) is 7. The summed E-state index contributed by atoms with van der Waals surface area (Å²) < 4.78 is 66.7. The van der Waals surface area contributed by atoms with Crippen LogP contribution in [0.25, 0.3) is 0 Å². The minimum absolute atomic E-state index is 0. The summed E-state index contributed by atoms with van der Waals surface area (Å²) in [5, 5.41) is 26.4. The van der Waals surface area contributed by atoms with Crippen molar-refractivity contribution in [3.05, 3.63) is 12.2 Å². The predicted molar refractivity (Wildman–Crippen MR) is 258 cm³/mol. The smallest absolute Gasteiger partial charge is 0.850 e. The van der Waals surface area contributed by atoms with Gasteiger partial charge in [-0.3, -0.25) is 18.8 Å². The topological polar surface area (TPSA) is 241 Å². The van der Waals surface area contributed by atoms with Crippen molar-refractivity contribution in [1.82, 2.24) is 0 Å². The molecule has 0 aromatic heterocycles. The quantitative estimate of drug-likeness (QED) is 0.0992. The van der Waals surface area contributed by atoms with Gasteiger partial charge in [-0.2, -0.15) is 13.5 Å². The van der Waals surface area contributed by atoms with Crippen molar-refractivity contribution < 1.29 is 90.6 Å². The number of hydrogen-bond donors (Lipinski definition) is 3. The molecule has 0 aliphatic carbocycles. The molecule has 3 amide bonds. The number of allylic oxidation sites excluding steroid dienone is 2. The van der Waals surface area contributed by atoms with Crippen LogP contribution in [0.3, 0.4) is 0 Å². The maximum Gasteiger partial charge on any atom is 1.00 e. The molecule has 8 atom stereocenters. The molecule has 340 valence electrons. The van der Waals surface area contributed by atoms with Gasteiger partial charge in [0.15, 0.2) is 0 Å². The van der Waals surface area contributed by atoms with Crippen LogP contribution in [-0.4, -0.2) is 70.0 Å². The Balaban J connectivity index is -0.0000000778. The third-order valence-corrected chi connectivity index (χ3v) is 12.3. The second-order valence-electron chi connectivity index (χ2n) is 12.7. The molecule has 5 unspecified atom stereocenters. The largest absolute Gasteiger partial charge is 1.00 e. The van der Waals surface area contributed by atoms with Gasteiger partial charge in [0.05, 0.1) is 8.52 Å². The Bertz CT molecular complexity index is 1540. The molecule has 0 aromatic rings. The Morgan fingerprint density at radius 1 is 0.842 bits per heavy atom. The van der Waals surface area contributed by atoms with Gasteiger partial charge in [0.1, 0.15) is 29.7 Å². The van der Waals surface area contributed by atoms with E-state index >= 15 is 0 Å². The summed E-state index contributed by atoms with van der Waals surface area (Å²) in [6.07, 6.45) is 6.16. The fourth-order valence-electron chi connectivity index (χ4n) is 3.40. The fraction of sp³-hybridized carbons (Fsp3) is 0.794. The second kappa shape index (κ2) is 47.3. The van der Waals surface area contributed by atoms with Gasteiger partial charge in [0.25, 0.3) is 17.7 Å². The van der Waals surface area contributed by atoms with E-state index in [0.29, 0.717) is 18.1 Å². The molecule has 0 aromatic carbocycles. The maximum atomic E-state index is 11.7. The monoisotopic (exact) mass is 1180 g/mol. The van der Waals surface area contributed by atoms with E-state index in [1.807, 2.05) is 46.8 Å². The maximum absolute atomic E-state index is 11.7. The molecule has 0 rings (SSSR count). The van der Waals surface area contributed by atoms with Crippen LogP contribution in [0.1, 0.15) is 119 Å². The van der Waals surface area contributed by atoms with E-state index in [-0.39, 0.29) is 105 Å². The van der Waals surface area contributed by atoms with Gasteiger partial charge in [-0.15, -0.1) is 30.5 Å². The van der Waals surface area contributed by atoms with Crippen molar-refractivity contribution >= 4 is 121 Å². The van der Waals surface area contributed by atoms with Crippen LogP contribution in [0.5, 0.6) is 0 Å². The van der Waals surface area contributed by atoms with Crippen LogP contribution < -0.4 is 71.9 Å². The third-order valence-electron chi connectivity index (χ3n) is 4.95. The van der Waals surface area contributed by atoms with Gasteiger partial charge in [0.2, 0.25) is 0 Å².